The minimum atomic E-state index is -0.598. The third-order valence-electron chi connectivity index (χ3n) is 6.00. The molecular weight excluding hydrogens is 368 g/mol. The summed E-state index contributed by atoms with van der Waals surface area (Å²) >= 11 is 0. The topological polar surface area (TPSA) is 69.0 Å². The number of amides is 1. The molecule has 1 aromatic carbocycles. The first-order chi connectivity index (χ1) is 14.1. The number of fused-ring (bicyclic) bond motifs is 6. The van der Waals surface area contributed by atoms with Crippen LogP contribution in [0.5, 0.6) is 11.5 Å². The smallest absolute Gasteiger partial charge is 0.264 e. The second kappa shape index (κ2) is 6.76. The number of carbonyl (C=O) groups is 1. The highest BCUT2D eigenvalue weighted by Crippen LogP contribution is 2.44. The number of aromatic nitrogens is 3. The molecule has 0 radical (unpaired) electrons. The molecule has 0 aliphatic carbocycles. The number of hydrogen-bond acceptors (Lipinski definition) is 5. The molecule has 5 rings (SSSR count). The van der Waals surface area contributed by atoms with Gasteiger partial charge in [0.05, 0.1) is 24.5 Å². The number of nitrogens with zero attached hydrogens (tertiary/aromatic N) is 4. The van der Waals surface area contributed by atoms with Crippen LogP contribution in [0.15, 0.2) is 36.5 Å². The van der Waals surface area contributed by atoms with Crippen molar-refractivity contribution in [1.82, 2.24) is 19.5 Å². The average Bonchev–Trinajstić information content (AvgIpc) is 3.26. The van der Waals surface area contributed by atoms with Gasteiger partial charge in [-0.05, 0) is 38.8 Å². The maximum Gasteiger partial charge on any atom is 0.264 e. The van der Waals surface area contributed by atoms with E-state index in [2.05, 4.69) is 10.1 Å². The lowest BCUT2D eigenvalue weighted by molar-refractivity contribution is -0.141. The molecule has 2 aliphatic heterocycles. The third-order valence-corrected chi connectivity index (χ3v) is 6.00. The Hall–Kier alpha value is -3.09. The van der Waals surface area contributed by atoms with Gasteiger partial charge in [0.1, 0.15) is 0 Å². The number of benzene rings is 1. The summed E-state index contributed by atoms with van der Waals surface area (Å²) in [6.45, 7) is 3.78. The van der Waals surface area contributed by atoms with Gasteiger partial charge in [-0.25, -0.2) is 9.50 Å². The van der Waals surface area contributed by atoms with Crippen LogP contribution in [0, 0.1) is 6.92 Å². The largest absolute Gasteiger partial charge is 0.493 e. The van der Waals surface area contributed by atoms with Gasteiger partial charge < -0.3 is 14.4 Å². The Morgan fingerprint density at radius 3 is 2.83 bits per heavy atom. The minimum absolute atomic E-state index is 0.00537. The first-order valence-electron chi connectivity index (χ1n) is 10.0. The average molecular weight is 392 g/mol. The first-order valence-corrected chi connectivity index (χ1v) is 10.0. The molecule has 7 heteroatoms. The predicted molar refractivity (Wildman–Crippen MR) is 107 cm³/mol. The van der Waals surface area contributed by atoms with E-state index in [0.29, 0.717) is 11.5 Å². The van der Waals surface area contributed by atoms with Crippen LogP contribution in [-0.4, -0.2) is 44.7 Å². The van der Waals surface area contributed by atoms with Gasteiger partial charge in [0.2, 0.25) is 0 Å². The molecular formula is C22H24N4O3. The fourth-order valence-corrected chi connectivity index (χ4v) is 4.70. The summed E-state index contributed by atoms with van der Waals surface area (Å²) in [5, 5.41) is 4.62. The summed E-state index contributed by atoms with van der Waals surface area (Å²) in [5.74, 6) is 1.21. The van der Waals surface area contributed by atoms with E-state index in [1.807, 2.05) is 59.8 Å². The maximum atomic E-state index is 13.4. The highest BCUT2D eigenvalue weighted by molar-refractivity contribution is 5.82. The van der Waals surface area contributed by atoms with Crippen molar-refractivity contribution in [3.63, 3.8) is 0 Å². The second-order valence-electron chi connectivity index (χ2n) is 7.82. The van der Waals surface area contributed by atoms with Crippen LogP contribution in [-0.2, 0) is 11.2 Å². The summed E-state index contributed by atoms with van der Waals surface area (Å²) in [6, 6.07) is 9.59. The Labute approximate surface area is 169 Å². The minimum Gasteiger partial charge on any atom is -0.493 e. The number of para-hydroxylation sites is 2. The summed E-state index contributed by atoms with van der Waals surface area (Å²) in [7, 11) is 1.60. The van der Waals surface area contributed by atoms with E-state index < -0.39 is 6.10 Å². The normalized spacial score (nSPS) is 21.1. The molecule has 150 valence electrons. The van der Waals surface area contributed by atoms with Crippen LogP contribution >= 0.6 is 0 Å². The summed E-state index contributed by atoms with van der Waals surface area (Å²) < 4.78 is 13.3. The standard InChI is InChI=1S/C22H24N4O3/c1-13-10-21-23-12-16-17-9-8-15(11-18(16)26(21)24-13)25(17)22(27)14(2)29-20-7-5-4-6-19(20)28-3/h4-7,10,12,14-15,17H,8-9,11H2,1-3H3/t14-,15+,17+/m1/s1. The quantitative estimate of drug-likeness (QED) is 0.682. The van der Waals surface area contributed by atoms with Gasteiger partial charge in [-0.3, -0.25) is 4.79 Å². The van der Waals surface area contributed by atoms with E-state index in [-0.39, 0.29) is 18.0 Å². The van der Waals surface area contributed by atoms with E-state index in [9.17, 15) is 4.79 Å². The lowest BCUT2D eigenvalue weighted by Gasteiger charge is -2.37. The number of ether oxygens (including phenoxy) is 2. The van der Waals surface area contributed by atoms with Crippen molar-refractivity contribution < 1.29 is 14.3 Å². The Balaban J connectivity index is 1.43. The number of methoxy groups -OCH3 is 1. The van der Waals surface area contributed by atoms with Crippen molar-refractivity contribution in [2.24, 2.45) is 0 Å². The van der Waals surface area contributed by atoms with Crippen molar-refractivity contribution in [1.29, 1.82) is 0 Å². The first kappa shape index (κ1) is 18.0. The Morgan fingerprint density at radius 2 is 2.03 bits per heavy atom. The van der Waals surface area contributed by atoms with Gasteiger partial charge in [-0.2, -0.15) is 5.10 Å². The van der Waals surface area contributed by atoms with Gasteiger partial charge in [0.25, 0.3) is 5.91 Å². The molecule has 1 saturated heterocycles. The monoisotopic (exact) mass is 392 g/mol. The molecule has 2 aromatic heterocycles. The van der Waals surface area contributed by atoms with Crippen molar-refractivity contribution >= 4 is 11.6 Å². The predicted octanol–water partition coefficient (Wildman–Crippen LogP) is 3.10. The van der Waals surface area contributed by atoms with E-state index in [0.717, 1.165) is 36.2 Å². The molecule has 29 heavy (non-hydrogen) atoms. The van der Waals surface area contributed by atoms with Gasteiger partial charge in [0, 0.05) is 30.3 Å². The Kier molecular flexibility index (Phi) is 4.19. The molecule has 4 heterocycles. The number of hydrogen-bond donors (Lipinski definition) is 0. The SMILES string of the molecule is COc1ccccc1O[C@H](C)C(=O)N1[C@H]2CC[C@H]1c1cnc3cc(C)nn3c1C2. The molecule has 0 unspecified atom stereocenters. The fraction of sp³-hybridized carbons (Fsp3) is 0.409. The van der Waals surface area contributed by atoms with E-state index in [1.54, 1.807) is 7.11 Å². The number of rotatable bonds is 4. The van der Waals surface area contributed by atoms with Crippen LogP contribution in [0.4, 0.5) is 0 Å². The number of aryl methyl sites for hydroxylation is 1. The van der Waals surface area contributed by atoms with Crippen molar-refractivity contribution in [3.05, 3.63) is 53.5 Å². The van der Waals surface area contributed by atoms with Crippen LogP contribution in [0.1, 0.15) is 42.8 Å². The maximum absolute atomic E-state index is 13.4. The highest BCUT2D eigenvalue weighted by Gasteiger charge is 2.45. The zero-order valence-electron chi connectivity index (χ0n) is 16.8. The van der Waals surface area contributed by atoms with E-state index in [1.165, 1.54) is 5.69 Å². The fourth-order valence-electron chi connectivity index (χ4n) is 4.70. The van der Waals surface area contributed by atoms with Gasteiger partial charge in [0.15, 0.2) is 23.3 Å². The number of carbonyl (C=O) groups excluding carboxylic acids is 1. The summed E-state index contributed by atoms with van der Waals surface area (Å²) in [6.07, 6.45) is 4.04. The van der Waals surface area contributed by atoms with Crippen LogP contribution in [0.2, 0.25) is 0 Å². The molecule has 7 nitrogen and oxygen atoms in total. The molecule has 3 aromatic rings. The van der Waals surface area contributed by atoms with Gasteiger partial charge in [-0.1, -0.05) is 12.1 Å². The highest BCUT2D eigenvalue weighted by atomic mass is 16.5. The van der Waals surface area contributed by atoms with Gasteiger partial charge in [-0.15, -0.1) is 0 Å². The molecule has 2 bridgehead atoms. The Morgan fingerprint density at radius 1 is 1.24 bits per heavy atom. The third kappa shape index (κ3) is 2.84. The van der Waals surface area contributed by atoms with Gasteiger partial charge >= 0.3 is 0 Å². The van der Waals surface area contributed by atoms with Crippen molar-refractivity contribution in [2.45, 2.75) is 51.3 Å². The van der Waals surface area contributed by atoms with Crippen molar-refractivity contribution in [2.75, 3.05) is 7.11 Å². The molecule has 0 N–H and O–H groups in total. The van der Waals surface area contributed by atoms with Crippen LogP contribution < -0.4 is 9.47 Å². The second-order valence-corrected chi connectivity index (χ2v) is 7.82. The Bertz CT molecular complexity index is 1090. The molecule has 2 aliphatic rings. The zero-order valence-corrected chi connectivity index (χ0v) is 16.8. The lowest BCUT2D eigenvalue weighted by atomic mass is 9.98. The molecule has 0 saturated carbocycles. The zero-order chi connectivity index (χ0) is 20.1. The molecule has 1 amide bonds. The summed E-state index contributed by atoms with van der Waals surface area (Å²) in [4.78, 5) is 19.9. The molecule has 1 fully saturated rings. The molecule has 0 spiro atoms. The van der Waals surface area contributed by atoms with E-state index >= 15 is 0 Å². The van der Waals surface area contributed by atoms with Crippen LogP contribution in [0.25, 0.3) is 5.65 Å². The molecule has 3 atom stereocenters. The van der Waals surface area contributed by atoms with Crippen molar-refractivity contribution in [3.8, 4) is 11.5 Å². The lowest BCUT2D eigenvalue weighted by Crippen LogP contribution is -2.47. The summed E-state index contributed by atoms with van der Waals surface area (Å²) in [5.41, 5.74) is 4.11. The van der Waals surface area contributed by atoms with E-state index in [4.69, 9.17) is 9.47 Å². The van der Waals surface area contributed by atoms with Crippen LogP contribution in [0.3, 0.4) is 0 Å².